The fraction of sp³-hybridized carbons (Fsp3) is 0.222. The van der Waals surface area contributed by atoms with Gasteiger partial charge in [0.25, 0.3) is 0 Å². The average molecular weight is 212 g/mol. The first-order chi connectivity index (χ1) is 6.76. The van der Waals surface area contributed by atoms with E-state index in [9.17, 15) is 4.79 Å². The molecule has 0 aliphatic heterocycles. The molecule has 0 heterocycles. The Balaban J connectivity index is 2.47. The molecule has 0 aromatic heterocycles. The molecule has 4 nitrogen and oxygen atoms in total. The summed E-state index contributed by atoms with van der Waals surface area (Å²) in [5.74, 6) is 0.800. The van der Waals surface area contributed by atoms with E-state index in [1.807, 2.05) is 24.3 Å². The van der Waals surface area contributed by atoms with Gasteiger partial charge in [0, 0.05) is 11.9 Å². The second kappa shape index (κ2) is 5.39. The van der Waals surface area contributed by atoms with Crippen LogP contribution in [0, 0.1) is 0 Å². The van der Waals surface area contributed by atoms with E-state index < -0.39 is 0 Å². The van der Waals surface area contributed by atoms with E-state index >= 15 is 0 Å². The molecule has 0 atom stereocenters. The lowest BCUT2D eigenvalue weighted by atomic mass is 10.3. The van der Waals surface area contributed by atoms with Crippen LogP contribution in [0.4, 0.5) is 4.79 Å². The smallest absolute Gasteiger partial charge is 0.324 e. The molecule has 0 saturated heterocycles. The van der Waals surface area contributed by atoms with Gasteiger partial charge in [0.05, 0.1) is 7.11 Å². The Morgan fingerprint density at radius 3 is 2.50 bits per heavy atom. The molecule has 14 heavy (non-hydrogen) atoms. The predicted octanol–water partition coefficient (Wildman–Crippen LogP) is 1.63. The molecule has 0 aliphatic rings. The zero-order chi connectivity index (χ0) is 10.4. The lowest BCUT2D eigenvalue weighted by Gasteiger charge is -2.04. The van der Waals surface area contributed by atoms with Gasteiger partial charge in [-0.15, -0.1) is 0 Å². The van der Waals surface area contributed by atoms with Crippen LogP contribution in [-0.2, 0) is 0 Å². The van der Waals surface area contributed by atoms with E-state index in [1.165, 1.54) is 11.9 Å². The number of ether oxygens (including phenoxy) is 1. The second-order valence-corrected chi connectivity index (χ2v) is 3.34. The van der Waals surface area contributed by atoms with Gasteiger partial charge in [0.15, 0.2) is 0 Å². The van der Waals surface area contributed by atoms with Crippen molar-refractivity contribution in [1.82, 2.24) is 10.0 Å². The molecule has 1 aromatic rings. The maximum Gasteiger partial charge on any atom is 0.324 e. The minimum atomic E-state index is -0.217. The van der Waals surface area contributed by atoms with Crippen LogP contribution in [-0.4, -0.2) is 20.2 Å². The van der Waals surface area contributed by atoms with E-state index in [1.54, 1.807) is 14.2 Å². The number of urea groups is 1. The molecular weight excluding hydrogens is 200 g/mol. The number of hydrogen-bond acceptors (Lipinski definition) is 3. The SMILES string of the molecule is CNC(=O)NSc1ccc(OC)cc1. The highest BCUT2D eigenvalue weighted by Gasteiger charge is 1.98. The monoisotopic (exact) mass is 212 g/mol. The van der Waals surface area contributed by atoms with E-state index in [0.717, 1.165) is 10.6 Å². The number of carbonyl (C=O) groups is 1. The van der Waals surface area contributed by atoms with Crippen LogP contribution in [0.1, 0.15) is 0 Å². The first-order valence-electron chi connectivity index (χ1n) is 4.05. The van der Waals surface area contributed by atoms with Crippen molar-refractivity contribution in [2.24, 2.45) is 0 Å². The second-order valence-electron chi connectivity index (χ2n) is 2.46. The van der Waals surface area contributed by atoms with Crippen molar-refractivity contribution in [3.8, 4) is 5.75 Å². The van der Waals surface area contributed by atoms with Crippen LogP contribution in [0.15, 0.2) is 29.2 Å². The lowest BCUT2D eigenvalue weighted by molar-refractivity contribution is 0.248. The third kappa shape index (κ3) is 3.18. The van der Waals surface area contributed by atoms with Crippen LogP contribution in [0.25, 0.3) is 0 Å². The molecule has 1 aromatic carbocycles. The van der Waals surface area contributed by atoms with E-state index in [0.29, 0.717) is 0 Å². The summed E-state index contributed by atoms with van der Waals surface area (Å²) in [7, 11) is 3.19. The fourth-order valence-electron chi connectivity index (χ4n) is 0.800. The molecule has 76 valence electrons. The number of nitrogens with one attached hydrogen (secondary N) is 2. The van der Waals surface area contributed by atoms with Crippen molar-refractivity contribution in [1.29, 1.82) is 0 Å². The molecule has 0 spiro atoms. The summed E-state index contributed by atoms with van der Waals surface area (Å²) in [5, 5.41) is 2.46. The van der Waals surface area contributed by atoms with Crippen molar-refractivity contribution in [3.63, 3.8) is 0 Å². The average Bonchev–Trinajstić information content (AvgIpc) is 2.26. The molecule has 5 heteroatoms. The molecule has 2 N–H and O–H groups in total. The van der Waals surface area contributed by atoms with E-state index in [-0.39, 0.29) is 6.03 Å². The number of methoxy groups -OCH3 is 1. The Morgan fingerprint density at radius 2 is 2.00 bits per heavy atom. The molecule has 0 fully saturated rings. The van der Waals surface area contributed by atoms with Gasteiger partial charge in [-0.2, -0.15) is 0 Å². The summed E-state index contributed by atoms with van der Waals surface area (Å²) in [6.07, 6.45) is 0. The van der Waals surface area contributed by atoms with Gasteiger partial charge in [0.1, 0.15) is 5.75 Å². The number of benzene rings is 1. The third-order valence-electron chi connectivity index (χ3n) is 1.55. The highest BCUT2D eigenvalue weighted by molar-refractivity contribution is 7.98. The molecular formula is C9H12N2O2S. The van der Waals surface area contributed by atoms with E-state index in [2.05, 4.69) is 10.0 Å². The maximum atomic E-state index is 10.8. The zero-order valence-corrected chi connectivity index (χ0v) is 8.85. The largest absolute Gasteiger partial charge is 0.497 e. The van der Waals surface area contributed by atoms with Gasteiger partial charge in [0.2, 0.25) is 0 Å². The number of rotatable bonds is 3. The summed E-state index contributed by atoms with van der Waals surface area (Å²) in [6.45, 7) is 0. The highest BCUT2D eigenvalue weighted by Crippen LogP contribution is 2.18. The first-order valence-corrected chi connectivity index (χ1v) is 4.86. The van der Waals surface area contributed by atoms with Crippen molar-refractivity contribution in [3.05, 3.63) is 24.3 Å². The van der Waals surface area contributed by atoms with Gasteiger partial charge in [-0.05, 0) is 36.2 Å². The topological polar surface area (TPSA) is 50.4 Å². The molecule has 0 radical (unpaired) electrons. The molecule has 0 aliphatic carbocycles. The van der Waals surface area contributed by atoms with Crippen LogP contribution in [0.3, 0.4) is 0 Å². The number of hydrogen-bond donors (Lipinski definition) is 2. The Bertz CT molecular complexity index is 300. The van der Waals surface area contributed by atoms with Gasteiger partial charge in [-0.25, -0.2) is 4.79 Å². The Kier molecular flexibility index (Phi) is 4.12. The van der Waals surface area contributed by atoms with Crippen molar-refractivity contribution in [2.45, 2.75) is 4.90 Å². The number of amides is 2. The van der Waals surface area contributed by atoms with Gasteiger partial charge in [-0.3, -0.25) is 4.72 Å². The van der Waals surface area contributed by atoms with Crippen molar-refractivity contribution < 1.29 is 9.53 Å². The summed E-state index contributed by atoms with van der Waals surface area (Å²) >= 11 is 1.25. The van der Waals surface area contributed by atoms with Gasteiger partial charge >= 0.3 is 6.03 Å². The van der Waals surface area contributed by atoms with Gasteiger partial charge < -0.3 is 10.1 Å². The van der Waals surface area contributed by atoms with Crippen LogP contribution in [0.2, 0.25) is 0 Å². The minimum absolute atomic E-state index is 0.217. The van der Waals surface area contributed by atoms with Crippen LogP contribution < -0.4 is 14.8 Å². The first kappa shape index (κ1) is 10.7. The quantitative estimate of drug-likeness (QED) is 0.749. The van der Waals surface area contributed by atoms with Crippen LogP contribution in [0.5, 0.6) is 5.75 Å². The van der Waals surface area contributed by atoms with Crippen LogP contribution >= 0.6 is 11.9 Å². The Labute approximate surface area is 87.2 Å². The maximum absolute atomic E-state index is 10.8. The summed E-state index contributed by atoms with van der Waals surface area (Å²) in [5.41, 5.74) is 0. The lowest BCUT2D eigenvalue weighted by Crippen LogP contribution is -2.27. The summed E-state index contributed by atoms with van der Waals surface area (Å²) < 4.78 is 7.62. The van der Waals surface area contributed by atoms with E-state index in [4.69, 9.17) is 4.74 Å². The normalized spacial score (nSPS) is 9.29. The number of carbonyl (C=O) groups excluding carboxylic acids is 1. The highest BCUT2D eigenvalue weighted by atomic mass is 32.2. The standard InChI is InChI=1S/C9H12N2O2S/c1-10-9(12)11-14-8-5-3-7(13-2)4-6-8/h3-6H,1-2H3,(H2,10,11,12). The van der Waals surface area contributed by atoms with Gasteiger partial charge in [-0.1, -0.05) is 0 Å². The summed E-state index contributed by atoms with van der Waals surface area (Å²) in [6, 6.07) is 7.21. The van der Waals surface area contributed by atoms with Crippen molar-refractivity contribution in [2.75, 3.05) is 14.2 Å². The molecule has 0 saturated carbocycles. The van der Waals surface area contributed by atoms with Crippen molar-refractivity contribution >= 4 is 18.0 Å². The molecule has 1 rings (SSSR count). The third-order valence-corrected chi connectivity index (χ3v) is 2.34. The zero-order valence-electron chi connectivity index (χ0n) is 8.03. The Morgan fingerprint density at radius 1 is 1.36 bits per heavy atom. The predicted molar refractivity (Wildman–Crippen MR) is 56.4 cm³/mol. The molecule has 0 bridgehead atoms. The fourth-order valence-corrected chi connectivity index (χ4v) is 1.38. The molecule has 2 amide bonds. The summed E-state index contributed by atoms with van der Waals surface area (Å²) in [4.78, 5) is 11.8. The minimum Gasteiger partial charge on any atom is -0.497 e. The Hall–Kier alpha value is -1.36. The molecule has 0 unspecified atom stereocenters.